The minimum absolute atomic E-state index is 0.0369. The van der Waals surface area contributed by atoms with E-state index in [0.29, 0.717) is 4.67 Å². The molecule has 0 bridgehead atoms. The molecule has 0 amide bonds. The molecule has 0 radical (unpaired) electrons. The predicted molar refractivity (Wildman–Crippen MR) is 75.5 cm³/mol. The molecule has 7 N–H and O–H groups in total. The standard InChI is InChI=1S/C10H16N5O7P/c11-8-5-9(15(3-13-8)23(19,20)21)14(2-12-5)10-7(18)6(17)4(1-16)22-10/h2-4,6-7,9-10,16-18H,1,11H2,(H2,19,20,21)/t4-,6-,7-,9?,10-/m1/s1. The third-order valence-corrected chi connectivity index (χ3v) is 4.72. The smallest absolute Gasteiger partial charge is 0.394 e. The Bertz CT molecular complexity index is 633. The largest absolute Gasteiger partial charge is 0.432 e. The van der Waals surface area contributed by atoms with Crippen LogP contribution in [0.25, 0.3) is 0 Å². The van der Waals surface area contributed by atoms with Crippen molar-refractivity contribution in [1.82, 2.24) is 9.57 Å². The third-order valence-electron chi connectivity index (χ3n) is 3.80. The molecule has 128 valence electrons. The number of rotatable bonds is 3. The molecular weight excluding hydrogens is 333 g/mol. The van der Waals surface area contributed by atoms with Crippen molar-refractivity contribution in [1.29, 1.82) is 0 Å². The summed E-state index contributed by atoms with van der Waals surface area (Å²) in [5.74, 6) is -0.0369. The zero-order valence-electron chi connectivity index (χ0n) is 11.6. The second-order valence-electron chi connectivity index (χ2n) is 5.20. The molecule has 0 aliphatic carbocycles. The Morgan fingerprint density at radius 2 is 1.96 bits per heavy atom. The number of aliphatic imine (C=N–C) groups is 2. The van der Waals surface area contributed by atoms with Gasteiger partial charge in [-0.3, -0.25) is 0 Å². The minimum atomic E-state index is -4.75. The fourth-order valence-electron chi connectivity index (χ4n) is 2.65. The lowest BCUT2D eigenvalue weighted by atomic mass is 10.1. The summed E-state index contributed by atoms with van der Waals surface area (Å²) in [6.45, 7) is -0.529. The van der Waals surface area contributed by atoms with Gasteiger partial charge in [-0.1, -0.05) is 0 Å². The highest BCUT2D eigenvalue weighted by Gasteiger charge is 2.51. The molecule has 3 rings (SSSR count). The Morgan fingerprint density at radius 3 is 2.52 bits per heavy atom. The van der Waals surface area contributed by atoms with Crippen molar-refractivity contribution in [3.63, 3.8) is 0 Å². The Kier molecular flexibility index (Phi) is 3.92. The van der Waals surface area contributed by atoms with Crippen molar-refractivity contribution >= 4 is 20.4 Å². The summed E-state index contributed by atoms with van der Waals surface area (Å²) in [7, 11) is -4.75. The van der Waals surface area contributed by atoms with E-state index in [4.69, 9.17) is 15.6 Å². The van der Waals surface area contributed by atoms with Gasteiger partial charge in [0.25, 0.3) is 0 Å². The highest BCUT2D eigenvalue weighted by Crippen LogP contribution is 2.46. The van der Waals surface area contributed by atoms with Crippen molar-refractivity contribution in [2.75, 3.05) is 6.61 Å². The summed E-state index contributed by atoms with van der Waals surface area (Å²) in [6.07, 6.45) is -4.08. The lowest BCUT2D eigenvalue weighted by Crippen LogP contribution is -2.53. The van der Waals surface area contributed by atoms with Crippen LogP contribution in [-0.4, -0.2) is 84.7 Å². The van der Waals surface area contributed by atoms with E-state index in [1.54, 1.807) is 0 Å². The lowest BCUT2D eigenvalue weighted by Gasteiger charge is -2.38. The topological polar surface area (TPSA) is 185 Å². The first-order chi connectivity index (χ1) is 10.8. The molecule has 0 aromatic carbocycles. The molecule has 1 unspecified atom stereocenters. The molecule has 1 saturated heterocycles. The van der Waals surface area contributed by atoms with Crippen molar-refractivity contribution in [3.8, 4) is 0 Å². The Hall–Kier alpha value is -1.53. The second kappa shape index (κ2) is 5.53. The lowest BCUT2D eigenvalue weighted by molar-refractivity contribution is -0.0833. The number of nitrogens with zero attached hydrogens (tertiary/aromatic N) is 4. The van der Waals surface area contributed by atoms with Gasteiger partial charge in [0, 0.05) is 0 Å². The van der Waals surface area contributed by atoms with Gasteiger partial charge < -0.3 is 40.5 Å². The fraction of sp³-hybridized carbons (Fsp3) is 0.600. The van der Waals surface area contributed by atoms with Crippen molar-refractivity contribution in [3.05, 3.63) is 11.5 Å². The summed E-state index contributed by atoms with van der Waals surface area (Å²) in [6, 6.07) is 0. The average Bonchev–Trinajstić information content (AvgIpc) is 3.02. The number of hydrogen-bond donors (Lipinski definition) is 6. The van der Waals surface area contributed by atoms with Crippen molar-refractivity contribution in [2.45, 2.75) is 30.7 Å². The van der Waals surface area contributed by atoms with E-state index in [2.05, 4.69) is 9.98 Å². The Morgan fingerprint density at radius 1 is 1.26 bits per heavy atom. The molecule has 1 fully saturated rings. The number of nitrogens with two attached hydrogens (primary N) is 1. The van der Waals surface area contributed by atoms with Crippen LogP contribution < -0.4 is 5.73 Å². The van der Waals surface area contributed by atoms with Crippen LogP contribution in [0.15, 0.2) is 21.5 Å². The third kappa shape index (κ3) is 2.54. The van der Waals surface area contributed by atoms with Crippen LogP contribution in [-0.2, 0) is 9.30 Å². The molecule has 5 atom stereocenters. The number of hydrogen-bond acceptors (Lipinski definition) is 9. The van der Waals surface area contributed by atoms with Gasteiger partial charge in [-0.15, -0.1) is 0 Å². The fourth-order valence-corrected chi connectivity index (χ4v) is 3.35. The van der Waals surface area contributed by atoms with E-state index in [1.807, 2.05) is 0 Å². The van der Waals surface area contributed by atoms with Gasteiger partial charge in [0.15, 0.2) is 18.2 Å². The predicted octanol–water partition coefficient (Wildman–Crippen LogP) is -3.34. The molecule has 3 aliphatic heterocycles. The van der Waals surface area contributed by atoms with E-state index in [-0.39, 0.29) is 11.5 Å². The summed E-state index contributed by atoms with van der Waals surface area (Å²) < 4.78 is 17.6. The van der Waals surface area contributed by atoms with Crippen LogP contribution in [0.4, 0.5) is 0 Å². The van der Waals surface area contributed by atoms with Crippen molar-refractivity contribution in [2.24, 2.45) is 15.7 Å². The molecule has 0 spiro atoms. The molecule has 3 aliphatic rings. The van der Waals surface area contributed by atoms with E-state index < -0.39 is 45.1 Å². The van der Waals surface area contributed by atoms with Crippen LogP contribution in [0.1, 0.15) is 0 Å². The molecule has 0 aromatic heterocycles. The summed E-state index contributed by atoms with van der Waals surface area (Å²) >= 11 is 0. The van der Waals surface area contributed by atoms with E-state index in [0.717, 1.165) is 6.34 Å². The maximum absolute atomic E-state index is 11.7. The molecular formula is C10H16N5O7P. The average molecular weight is 349 g/mol. The quantitative estimate of drug-likeness (QED) is 0.281. The SMILES string of the molecule is NC1=C2N=CN([C@@H]3O[C@H](CO)[C@@H](O)[C@H]3O)C2N(P(=O)(O)O)C=N1. The van der Waals surface area contributed by atoms with Gasteiger partial charge in [-0.2, -0.15) is 0 Å². The van der Waals surface area contributed by atoms with Crippen molar-refractivity contribution < 1.29 is 34.4 Å². The highest BCUT2D eigenvalue weighted by molar-refractivity contribution is 7.49. The first-order valence-electron chi connectivity index (χ1n) is 6.58. The number of ether oxygens (including phenoxy) is 1. The van der Waals surface area contributed by atoms with Gasteiger partial charge in [-0.05, 0) is 0 Å². The minimum Gasteiger partial charge on any atom is -0.394 e. The van der Waals surface area contributed by atoms with Crippen LogP contribution in [0.2, 0.25) is 0 Å². The molecule has 12 nitrogen and oxygen atoms in total. The van der Waals surface area contributed by atoms with Gasteiger partial charge >= 0.3 is 7.75 Å². The maximum Gasteiger partial charge on any atom is 0.432 e. The summed E-state index contributed by atoms with van der Waals surface area (Å²) in [5.41, 5.74) is 5.75. The van der Waals surface area contributed by atoms with Gasteiger partial charge in [0.05, 0.1) is 12.9 Å². The summed E-state index contributed by atoms with van der Waals surface area (Å²) in [4.78, 5) is 27.8. The molecule has 23 heavy (non-hydrogen) atoms. The van der Waals surface area contributed by atoms with E-state index >= 15 is 0 Å². The Labute approximate surface area is 130 Å². The maximum atomic E-state index is 11.7. The highest BCUT2D eigenvalue weighted by atomic mass is 31.2. The number of aliphatic hydroxyl groups excluding tert-OH is 3. The molecule has 0 saturated carbocycles. The Balaban J connectivity index is 1.94. The molecule has 0 aromatic rings. The first kappa shape index (κ1) is 16.3. The van der Waals surface area contributed by atoms with Gasteiger partial charge in [0.2, 0.25) is 0 Å². The van der Waals surface area contributed by atoms with Crippen LogP contribution in [0.3, 0.4) is 0 Å². The molecule has 3 heterocycles. The van der Waals surface area contributed by atoms with Crippen LogP contribution >= 0.6 is 7.75 Å². The zero-order valence-corrected chi connectivity index (χ0v) is 12.5. The second-order valence-corrected chi connectivity index (χ2v) is 6.69. The number of fused-ring (bicyclic) bond motifs is 1. The van der Waals surface area contributed by atoms with E-state index in [9.17, 15) is 24.6 Å². The van der Waals surface area contributed by atoms with Gasteiger partial charge in [-0.25, -0.2) is 19.2 Å². The summed E-state index contributed by atoms with van der Waals surface area (Å²) in [5, 5.41) is 29.0. The first-order valence-corrected chi connectivity index (χ1v) is 8.14. The normalized spacial score (nSPS) is 37.0. The number of aliphatic hydroxyl groups is 3. The van der Waals surface area contributed by atoms with E-state index in [1.165, 1.54) is 11.2 Å². The van der Waals surface area contributed by atoms with Crippen LogP contribution in [0, 0.1) is 0 Å². The zero-order chi connectivity index (χ0) is 16.9. The van der Waals surface area contributed by atoms with Crippen LogP contribution in [0.5, 0.6) is 0 Å². The monoisotopic (exact) mass is 349 g/mol. The molecule has 13 heteroatoms. The van der Waals surface area contributed by atoms with Gasteiger partial charge in [0.1, 0.15) is 30.3 Å².